The number of thiazole rings is 1. The number of nitrogens with zero attached hydrogens (tertiary/aromatic N) is 5. The van der Waals surface area contributed by atoms with Gasteiger partial charge in [-0.2, -0.15) is 0 Å². The lowest BCUT2D eigenvalue weighted by atomic mass is 10.1. The van der Waals surface area contributed by atoms with Gasteiger partial charge in [0.2, 0.25) is 0 Å². The zero-order valence-corrected chi connectivity index (χ0v) is 17.5. The number of hydrogen-bond acceptors (Lipinski definition) is 7. The Labute approximate surface area is 168 Å². The van der Waals surface area contributed by atoms with Gasteiger partial charge in [0.1, 0.15) is 5.00 Å². The van der Waals surface area contributed by atoms with E-state index < -0.39 is 0 Å². The van der Waals surface area contributed by atoms with Crippen LogP contribution in [-0.2, 0) is 0 Å². The van der Waals surface area contributed by atoms with Crippen LogP contribution in [0.25, 0.3) is 0 Å². The van der Waals surface area contributed by atoms with E-state index >= 15 is 0 Å². The highest BCUT2D eigenvalue weighted by molar-refractivity contribution is 7.19. The number of rotatable bonds is 5. The van der Waals surface area contributed by atoms with Crippen LogP contribution in [0, 0.1) is 13.8 Å². The summed E-state index contributed by atoms with van der Waals surface area (Å²) in [6, 6.07) is 8.49. The normalized spacial score (nSPS) is 14.4. The molecule has 0 radical (unpaired) electrons. The summed E-state index contributed by atoms with van der Waals surface area (Å²) in [5, 5.41) is 14.3. The summed E-state index contributed by atoms with van der Waals surface area (Å²) in [7, 11) is 2.05. The Bertz CT molecular complexity index is 939. The molecule has 0 atom stereocenters. The van der Waals surface area contributed by atoms with Crippen molar-refractivity contribution < 1.29 is 0 Å². The summed E-state index contributed by atoms with van der Waals surface area (Å²) < 4.78 is 0. The standard InChI is InChI=1S/C20H23N5S2/c1-14-13-17(24(3)20-21-8-11-26-20)15(2)12-16(14)22-23-18-6-7-19(27-18)25-9-4-5-10-25/h6-8,11-13H,4-5,9-10H2,1-3H3. The molecule has 1 fully saturated rings. The molecule has 0 unspecified atom stereocenters. The van der Waals surface area contributed by atoms with Gasteiger partial charge in [0, 0.05) is 37.4 Å². The summed E-state index contributed by atoms with van der Waals surface area (Å²) in [6.07, 6.45) is 4.41. The van der Waals surface area contributed by atoms with Crippen molar-refractivity contribution in [1.29, 1.82) is 0 Å². The molecule has 0 N–H and O–H groups in total. The van der Waals surface area contributed by atoms with Gasteiger partial charge in [-0.15, -0.1) is 21.6 Å². The lowest BCUT2D eigenvalue weighted by Crippen LogP contribution is -2.15. The minimum atomic E-state index is 0.917. The second-order valence-electron chi connectivity index (χ2n) is 6.80. The predicted octanol–water partition coefficient (Wildman–Crippen LogP) is 6.60. The summed E-state index contributed by atoms with van der Waals surface area (Å²) in [5.41, 5.74) is 4.34. The molecule has 7 heteroatoms. The topological polar surface area (TPSA) is 44.1 Å². The fourth-order valence-electron chi connectivity index (χ4n) is 3.32. The summed E-state index contributed by atoms with van der Waals surface area (Å²) in [4.78, 5) is 8.95. The molecule has 1 aliphatic rings. The van der Waals surface area contributed by atoms with Crippen molar-refractivity contribution in [3.05, 3.63) is 47.0 Å². The molecule has 2 aromatic heterocycles. The van der Waals surface area contributed by atoms with E-state index in [2.05, 4.69) is 63.1 Å². The highest BCUT2D eigenvalue weighted by Crippen LogP contribution is 2.37. The summed E-state index contributed by atoms with van der Waals surface area (Å²) >= 11 is 3.35. The van der Waals surface area contributed by atoms with Crippen molar-refractivity contribution >= 4 is 49.2 Å². The van der Waals surface area contributed by atoms with Crippen LogP contribution in [0.2, 0.25) is 0 Å². The van der Waals surface area contributed by atoms with Gasteiger partial charge in [0.15, 0.2) is 5.13 Å². The first-order chi connectivity index (χ1) is 13.1. The molecule has 3 heterocycles. The number of azo groups is 1. The molecule has 0 aliphatic carbocycles. The van der Waals surface area contributed by atoms with Crippen molar-refractivity contribution in [2.75, 3.05) is 29.9 Å². The summed E-state index contributed by atoms with van der Waals surface area (Å²) in [6.45, 7) is 6.50. The Balaban J connectivity index is 1.54. The van der Waals surface area contributed by atoms with Crippen LogP contribution < -0.4 is 9.80 Å². The van der Waals surface area contributed by atoms with Gasteiger partial charge in [0.05, 0.1) is 10.7 Å². The van der Waals surface area contributed by atoms with E-state index in [-0.39, 0.29) is 0 Å². The quantitative estimate of drug-likeness (QED) is 0.455. The SMILES string of the molecule is Cc1cc(N(C)c2nccs2)c(C)cc1N=Nc1ccc(N2CCCC2)s1. The maximum atomic E-state index is 4.53. The number of thiophene rings is 1. The molecule has 140 valence electrons. The van der Waals surface area contributed by atoms with Crippen molar-refractivity contribution in [2.24, 2.45) is 10.2 Å². The minimum Gasteiger partial charge on any atom is -0.363 e. The Morgan fingerprint density at radius 1 is 1.07 bits per heavy atom. The Hall–Kier alpha value is -2.25. The molecule has 5 nitrogen and oxygen atoms in total. The largest absolute Gasteiger partial charge is 0.363 e. The van der Waals surface area contributed by atoms with Crippen molar-refractivity contribution in [1.82, 2.24) is 4.98 Å². The Morgan fingerprint density at radius 2 is 1.89 bits per heavy atom. The average molecular weight is 398 g/mol. The molecule has 1 aromatic carbocycles. The first-order valence-corrected chi connectivity index (χ1v) is 10.8. The van der Waals surface area contributed by atoms with Gasteiger partial charge >= 0.3 is 0 Å². The van der Waals surface area contributed by atoms with Crippen molar-refractivity contribution in [2.45, 2.75) is 26.7 Å². The fraction of sp³-hybridized carbons (Fsp3) is 0.350. The third kappa shape index (κ3) is 3.89. The van der Waals surface area contributed by atoms with E-state index in [1.165, 1.54) is 17.8 Å². The molecule has 27 heavy (non-hydrogen) atoms. The smallest absolute Gasteiger partial charge is 0.189 e. The molecule has 4 rings (SSSR count). The van der Waals surface area contributed by atoms with E-state index in [9.17, 15) is 0 Å². The second-order valence-corrected chi connectivity index (χ2v) is 8.72. The van der Waals surface area contributed by atoms with Gasteiger partial charge < -0.3 is 9.80 Å². The van der Waals surface area contributed by atoms with E-state index in [0.29, 0.717) is 0 Å². The summed E-state index contributed by atoms with van der Waals surface area (Å²) in [5.74, 6) is 0. The van der Waals surface area contributed by atoms with Gasteiger partial charge in [-0.1, -0.05) is 11.3 Å². The number of benzene rings is 1. The van der Waals surface area contributed by atoms with Crippen molar-refractivity contribution in [3.8, 4) is 0 Å². The average Bonchev–Trinajstić information content (AvgIpc) is 3.42. The van der Waals surface area contributed by atoms with Gasteiger partial charge in [0.25, 0.3) is 0 Å². The molecular weight excluding hydrogens is 374 g/mol. The van der Waals surface area contributed by atoms with Crippen LogP contribution in [0.3, 0.4) is 0 Å². The van der Waals surface area contributed by atoms with Gasteiger partial charge in [-0.25, -0.2) is 4.98 Å². The van der Waals surface area contributed by atoms with E-state index in [4.69, 9.17) is 0 Å². The Kier molecular flexibility index (Phi) is 5.22. The highest BCUT2D eigenvalue weighted by atomic mass is 32.1. The highest BCUT2D eigenvalue weighted by Gasteiger charge is 2.14. The van der Waals surface area contributed by atoms with E-state index in [0.717, 1.165) is 45.7 Å². The van der Waals surface area contributed by atoms with E-state index in [1.807, 2.05) is 18.6 Å². The minimum absolute atomic E-state index is 0.917. The van der Waals surface area contributed by atoms with Crippen LogP contribution in [-0.4, -0.2) is 25.1 Å². The lowest BCUT2D eigenvalue weighted by Gasteiger charge is -2.19. The molecule has 1 saturated heterocycles. The van der Waals surface area contributed by atoms with Crippen LogP contribution in [0.4, 0.5) is 26.5 Å². The second kappa shape index (κ2) is 7.78. The number of hydrogen-bond donors (Lipinski definition) is 0. The first-order valence-electron chi connectivity index (χ1n) is 9.13. The molecular formula is C20H23N5S2. The molecule has 0 spiro atoms. The van der Waals surface area contributed by atoms with Crippen LogP contribution in [0.15, 0.2) is 46.1 Å². The van der Waals surface area contributed by atoms with Crippen LogP contribution >= 0.6 is 22.7 Å². The maximum absolute atomic E-state index is 4.53. The monoisotopic (exact) mass is 397 g/mol. The fourth-order valence-corrected chi connectivity index (χ4v) is 4.82. The maximum Gasteiger partial charge on any atom is 0.189 e. The lowest BCUT2D eigenvalue weighted by molar-refractivity contribution is 0.949. The van der Waals surface area contributed by atoms with E-state index in [1.54, 1.807) is 22.7 Å². The molecule has 3 aromatic rings. The number of anilines is 3. The third-order valence-corrected chi connectivity index (χ3v) is 6.71. The van der Waals surface area contributed by atoms with Crippen LogP contribution in [0.5, 0.6) is 0 Å². The van der Waals surface area contributed by atoms with Gasteiger partial charge in [-0.3, -0.25) is 0 Å². The zero-order chi connectivity index (χ0) is 18.8. The molecule has 0 bridgehead atoms. The Morgan fingerprint density at radius 3 is 2.63 bits per heavy atom. The van der Waals surface area contributed by atoms with Gasteiger partial charge in [-0.05, 0) is 62.1 Å². The predicted molar refractivity (Wildman–Crippen MR) is 116 cm³/mol. The zero-order valence-electron chi connectivity index (χ0n) is 15.8. The van der Waals surface area contributed by atoms with Crippen molar-refractivity contribution in [3.63, 3.8) is 0 Å². The molecule has 1 aliphatic heterocycles. The number of aryl methyl sites for hydroxylation is 2. The molecule has 0 amide bonds. The van der Waals surface area contributed by atoms with Crippen LogP contribution in [0.1, 0.15) is 24.0 Å². The number of aromatic nitrogens is 1. The third-order valence-electron chi connectivity index (χ3n) is 4.83. The first kappa shape index (κ1) is 18.1. The molecule has 0 saturated carbocycles.